The first-order chi connectivity index (χ1) is 10.6. The van der Waals surface area contributed by atoms with Crippen molar-refractivity contribution >= 4 is 11.8 Å². The molecule has 2 N–H and O–H groups in total. The number of ether oxygens (including phenoxy) is 1. The Kier molecular flexibility index (Phi) is 6.50. The molecule has 1 rings (SSSR count). The molecule has 126 valence electrons. The second-order valence-corrected chi connectivity index (χ2v) is 7.09. The van der Waals surface area contributed by atoms with Crippen LogP contribution in [0.15, 0.2) is 24.3 Å². The topological polar surface area (TPSA) is 55.6 Å². The first kappa shape index (κ1) is 18.9. The standard InChI is InChI=1S/C19H28N2O2/c1-14(2)13-16(21(6)18(22)23-19(3,4)5)12-11-15-9-7-8-10-17(15)20/h7-10,14,16H,13,20H2,1-6H3/t16-/m1/s1. The van der Waals surface area contributed by atoms with Gasteiger partial charge in [0.05, 0.1) is 6.04 Å². The predicted octanol–water partition coefficient (Wildman–Crippen LogP) is 3.90. The van der Waals surface area contributed by atoms with E-state index in [2.05, 4.69) is 25.7 Å². The highest BCUT2D eigenvalue weighted by Gasteiger charge is 2.24. The largest absolute Gasteiger partial charge is 0.444 e. The van der Waals surface area contributed by atoms with Crippen LogP contribution in [0.1, 0.15) is 46.6 Å². The van der Waals surface area contributed by atoms with Crippen LogP contribution in [0.4, 0.5) is 10.5 Å². The molecule has 0 aromatic heterocycles. The highest BCUT2D eigenvalue weighted by Crippen LogP contribution is 2.15. The molecule has 23 heavy (non-hydrogen) atoms. The molecule has 0 saturated carbocycles. The van der Waals surface area contributed by atoms with Crippen molar-refractivity contribution in [1.82, 2.24) is 4.90 Å². The Morgan fingerprint density at radius 1 is 1.30 bits per heavy atom. The van der Waals surface area contributed by atoms with Crippen LogP contribution in [0.5, 0.6) is 0 Å². The average molecular weight is 316 g/mol. The third-order valence-corrected chi connectivity index (χ3v) is 3.18. The average Bonchev–Trinajstić information content (AvgIpc) is 2.42. The number of nitrogens with two attached hydrogens (primary N) is 1. The van der Waals surface area contributed by atoms with Crippen LogP contribution in [0.2, 0.25) is 0 Å². The van der Waals surface area contributed by atoms with Gasteiger partial charge in [0.1, 0.15) is 5.60 Å². The lowest BCUT2D eigenvalue weighted by Gasteiger charge is -2.29. The van der Waals surface area contributed by atoms with Gasteiger partial charge in [0.2, 0.25) is 0 Å². The molecule has 0 bridgehead atoms. The Bertz CT molecular complexity index is 591. The Morgan fingerprint density at radius 2 is 1.91 bits per heavy atom. The van der Waals surface area contributed by atoms with Gasteiger partial charge in [-0.1, -0.05) is 37.8 Å². The van der Waals surface area contributed by atoms with Crippen LogP contribution in [-0.2, 0) is 4.74 Å². The van der Waals surface area contributed by atoms with E-state index in [9.17, 15) is 4.79 Å². The molecule has 0 heterocycles. The zero-order valence-electron chi connectivity index (χ0n) is 15.0. The van der Waals surface area contributed by atoms with Gasteiger partial charge in [-0.2, -0.15) is 0 Å². The van der Waals surface area contributed by atoms with Crippen molar-refractivity contribution in [3.8, 4) is 11.8 Å². The number of carbonyl (C=O) groups is 1. The lowest BCUT2D eigenvalue weighted by molar-refractivity contribution is 0.0249. The summed E-state index contributed by atoms with van der Waals surface area (Å²) in [7, 11) is 1.73. The fourth-order valence-corrected chi connectivity index (χ4v) is 1.99. The molecule has 1 atom stereocenters. The smallest absolute Gasteiger partial charge is 0.411 e. The predicted molar refractivity (Wildman–Crippen MR) is 95.0 cm³/mol. The van der Waals surface area contributed by atoms with Crippen LogP contribution < -0.4 is 5.73 Å². The van der Waals surface area contributed by atoms with E-state index < -0.39 is 5.60 Å². The summed E-state index contributed by atoms with van der Waals surface area (Å²) in [5.41, 5.74) is 6.82. The molecule has 1 amide bonds. The van der Waals surface area contributed by atoms with Gasteiger partial charge in [0, 0.05) is 18.3 Å². The molecule has 4 nitrogen and oxygen atoms in total. The molecule has 4 heteroatoms. The monoisotopic (exact) mass is 316 g/mol. The van der Waals surface area contributed by atoms with Crippen molar-refractivity contribution in [3.63, 3.8) is 0 Å². The maximum absolute atomic E-state index is 12.3. The first-order valence-electron chi connectivity index (χ1n) is 7.92. The number of para-hydroxylation sites is 1. The molecule has 0 unspecified atom stereocenters. The maximum Gasteiger partial charge on any atom is 0.411 e. The van der Waals surface area contributed by atoms with Crippen LogP contribution in [0.25, 0.3) is 0 Å². The Hall–Kier alpha value is -2.15. The lowest BCUT2D eigenvalue weighted by atomic mass is 10.0. The van der Waals surface area contributed by atoms with Crippen molar-refractivity contribution in [2.24, 2.45) is 5.92 Å². The molecule has 1 aromatic carbocycles. The van der Waals surface area contributed by atoms with Gasteiger partial charge in [-0.25, -0.2) is 4.79 Å². The van der Waals surface area contributed by atoms with Crippen LogP contribution in [0, 0.1) is 17.8 Å². The number of anilines is 1. The SMILES string of the molecule is CC(C)C[C@@H](C#Cc1ccccc1N)N(C)C(=O)OC(C)(C)C. The summed E-state index contributed by atoms with van der Waals surface area (Å²) >= 11 is 0. The molecule has 0 aliphatic rings. The third kappa shape index (κ3) is 6.65. The number of benzene rings is 1. The second kappa shape index (κ2) is 7.92. The van der Waals surface area contributed by atoms with Crippen LogP contribution >= 0.6 is 0 Å². The Morgan fingerprint density at radius 3 is 2.43 bits per heavy atom. The van der Waals surface area contributed by atoms with Crippen molar-refractivity contribution in [2.45, 2.75) is 52.7 Å². The maximum atomic E-state index is 12.3. The molecule has 0 fully saturated rings. The minimum Gasteiger partial charge on any atom is -0.444 e. The highest BCUT2D eigenvalue weighted by atomic mass is 16.6. The molecule has 0 aliphatic heterocycles. The van der Waals surface area contributed by atoms with Gasteiger partial charge < -0.3 is 10.5 Å². The summed E-state index contributed by atoms with van der Waals surface area (Å²) in [6.45, 7) is 9.77. The second-order valence-electron chi connectivity index (χ2n) is 7.09. The number of amides is 1. The Balaban J connectivity index is 2.97. The number of carbonyl (C=O) groups excluding carboxylic acids is 1. The first-order valence-corrected chi connectivity index (χ1v) is 7.92. The number of hydrogen-bond donors (Lipinski definition) is 1. The van der Waals surface area contributed by atoms with E-state index in [0.29, 0.717) is 11.6 Å². The summed E-state index contributed by atoms with van der Waals surface area (Å²) < 4.78 is 5.43. The van der Waals surface area contributed by atoms with Gasteiger partial charge in [0.15, 0.2) is 0 Å². The van der Waals surface area contributed by atoms with E-state index in [1.54, 1.807) is 11.9 Å². The zero-order valence-corrected chi connectivity index (χ0v) is 15.0. The molecule has 0 saturated heterocycles. The molecule has 1 aromatic rings. The zero-order chi connectivity index (χ0) is 17.6. The van der Waals surface area contributed by atoms with Gasteiger partial charge >= 0.3 is 6.09 Å². The number of nitrogen functional groups attached to an aromatic ring is 1. The number of hydrogen-bond acceptors (Lipinski definition) is 3. The summed E-state index contributed by atoms with van der Waals surface area (Å²) in [6.07, 6.45) is 0.411. The Labute approximate surface area is 140 Å². The summed E-state index contributed by atoms with van der Waals surface area (Å²) in [6, 6.07) is 7.25. The quantitative estimate of drug-likeness (QED) is 0.679. The van der Waals surface area contributed by atoms with E-state index >= 15 is 0 Å². The molecule has 0 radical (unpaired) electrons. The van der Waals surface area contributed by atoms with E-state index in [1.807, 2.05) is 45.0 Å². The van der Waals surface area contributed by atoms with E-state index in [-0.39, 0.29) is 12.1 Å². The van der Waals surface area contributed by atoms with Crippen LogP contribution in [-0.4, -0.2) is 29.7 Å². The third-order valence-electron chi connectivity index (χ3n) is 3.18. The van der Waals surface area contributed by atoms with Crippen molar-refractivity contribution < 1.29 is 9.53 Å². The molecule has 0 spiro atoms. The highest BCUT2D eigenvalue weighted by molar-refractivity contribution is 5.69. The van der Waals surface area contributed by atoms with Crippen molar-refractivity contribution in [1.29, 1.82) is 0 Å². The van der Waals surface area contributed by atoms with E-state index in [1.165, 1.54) is 0 Å². The van der Waals surface area contributed by atoms with Crippen molar-refractivity contribution in [3.05, 3.63) is 29.8 Å². The van der Waals surface area contributed by atoms with E-state index in [4.69, 9.17) is 10.5 Å². The van der Waals surface area contributed by atoms with Gasteiger partial charge in [-0.05, 0) is 45.2 Å². The minimum absolute atomic E-state index is 0.218. The van der Waals surface area contributed by atoms with Gasteiger partial charge in [-0.15, -0.1) is 0 Å². The normalized spacial score (nSPS) is 12.3. The number of nitrogens with zero attached hydrogens (tertiary/aromatic N) is 1. The molecular formula is C19H28N2O2. The lowest BCUT2D eigenvalue weighted by Crippen LogP contribution is -2.40. The fraction of sp³-hybridized carbons (Fsp3) is 0.526. The summed E-state index contributed by atoms with van der Waals surface area (Å²) in [5, 5.41) is 0. The minimum atomic E-state index is -0.523. The van der Waals surface area contributed by atoms with Crippen molar-refractivity contribution in [2.75, 3.05) is 12.8 Å². The number of rotatable bonds is 3. The summed E-state index contributed by atoms with van der Waals surface area (Å²) in [5.74, 6) is 6.67. The van der Waals surface area contributed by atoms with Crippen LogP contribution in [0.3, 0.4) is 0 Å². The van der Waals surface area contributed by atoms with Gasteiger partial charge in [0.25, 0.3) is 0 Å². The summed E-state index contributed by atoms with van der Waals surface area (Å²) in [4.78, 5) is 13.8. The van der Waals surface area contributed by atoms with Gasteiger partial charge in [-0.3, -0.25) is 4.90 Å². The molecular weight excluding hydrogens is 288 g/mol. The molecule has 0 aliphatic carbocycles. The van der Waals surface area contributed by atoms with E-state index in [0.717, 1.165) is 12.0 Å². The fourth-order valence-electron chi connectivity index (χ4n) is 1.99.